The van der Waals surface area contributed by atoms with Crippen molar-refractivity contribution < 1.29 is 9.53 Å². The first-order valence-electron chi connectivity index (χ1n) is 8.51. The van der Waals surface area contributed by atoms with E-state index in [2.05, 4.69) is 31.1 Å². The maximum atomic E-state index is 12.3. The van der Waals surface area contributed by atoms with Crippen LogP contribution in [0.1, 0.15) is 41.5 Å². The van der Waals surface area contributed by atoms with Crippen molar-refractivity contribution >= 4 is 35.8 Å². The van der Waals surface area contributed by atoms with Gasteiger partial charge in [0.25, 0.3) is 0 Å². The molecule has 7 heteroatoms. The monoisotopic (exact) mass is 456 g/mol. The summed E-state index contributed by atoms with van der Waals surface area (Å²) in [4.78, 5) is 20.6. The summed E-state index contributed by atoms with van der Waals surface area (Å²) in [6.07, 6.45) is 0.0306. The van der Waals surface area contributed by atoms with Gasteiger partial charge in [0.15, 0.2) is 5.96 Å². The molecule has 1 unspecified atom stereocenters. The van der Waals surface area contributed by atoms with Gasteiger partial charge in [-0.2, -0.15) is 0 Å². The zero-order valence-electron chi connectivity index (χ0n) is 16.7. The summed E-state index contributed by atoms with van der Waals surface area (Å²) in [5.74, 6) is 0.849. The highest BCUT2D eigenvalue weighted by atomic mass is 127. The molecule has 0 bridgehead atoms. The van der Waals surface area contributed by atoms with Gasteiger partial charge in [0.05, 0.1) is 19.2 Å². The molecule has 0 rings (SSSR count). The number of amides is 1. The smallest absolute Gasteiger partial charge is 0.242 e. The molecule has 144 valence electrons. The van der Waals surface area contributed by atoms with Crippen LogP contribution < -0.4 is 5.32 Å². The van der Waals surface area contributed by atoms with E-state index in [1.165, 1.54) is 0 Å². The van der Waals surface area contributed by atoms with Crippen LogP contribution >= 0.6 is 24.0 Å². The number of hydrogen-bond donors (Lipinski definition) is 1. The molecule has 0 aliphatic rings. The molecule has 0 saturated carbocycles. The van der Waals surface area contributed by atoms with Crippen molar-refractivity contribution in [2.45, 2.75) is 47.6 Å². The first kappa shape index (κ1) is 25.7. The van der Waals surface area contributed by atoms with Crippen molar-refractivity contribution in [3.05, 3.63) is 0 Å². The molecule has 0 saturated heterocycles. The van der Waals surface area contributed by atoms with E-state index in [4.69, 9.17) is 4.74 Å². The molecule has 1 amide bonds. The standard InChI is InChI=1S/C17H36N4O2.HI/c1-9-18-16(19-12-14(23-8)17(4,5)6)20(7)13-15(22)21(10-2)11-3;/h14H,9-13H2,1-8H3,(H,18,19);1H. The number of carbonyl (C=O) groups is 1. The van der Waals surface area contributed by atoms with Gasteiger partial charge in [-0.25, -0.2) is 0 Å². The zero-order chi connectivity index (χ0) is 18.0. The number of aliphatic imine (C=N–C) groups is 1. The summed E-state index contributed by atoms with van der Waals surface area (Å²) in [5.41, 5.74) is 0.0190. The highest BCUT2D eigenvalue weighted by Gasteiger charge is 2.24. The molecule has 0 radical (unpaired) electrons. The molecule has 0 fully saturated rings. The average Bonchev–Trinajstić information content (AvgIpc) is 2.46. The third kappa shape index (κ3) is 9.05. The second-order valence-corrected chi connectivity index (χ2v) is 6.71. The fourth-order valence-corrected chi connectivity index (χ4v) is 2.30. The second kappa shape index (κ2) is 12.7. The summed E-state index contributed by atoms with van der Waals surface area (Å²) in [7, 11) is 3.60. The SMILES string of the molecule is CCNC(=NCC(OC)C(C)(C)C)N(C)CC(=O)N(CC)CC.I. The Balaban J connectivity index is 0. The highest BCUT2D eigenvalue weighted by Crippen LogP contribution is 2.21. The maximum absolute atomic E-state index is 12.3. The number of carbonyl (C=O) groups excluding carboxylic acids is 1. The van der Waals surface area contributed by atoms with Gasteiger partial charge in [0.2, 0.25) is 5.91 Å². The number of rotatable bonds is 8. The van der Waals surface area contributed by atoms with E-state index in [9.17, 15) is 4.79 Å². The summed E-state index contributed by atoms with van der Waals surface area (Å²) < 4.78 is 5.55. The lowest BCUT2D eigenvalue weighted by Gasteiger charge is -2.29. The number of hydrogen-bond acceptors (Lipinski definition) is 3. The summed E-state index contributed by atoms with van der Waals surface area (Å²) in [5, 5.41) is 3.24. The fourth-order valence-electron chi connectivity index (χ4n) is 2.30. The largest absolute Gasteiger partial charge is 0.379 e. The van der Waals surface area contributed by atoms with Crippen LogP contribution in [0.2, 0.25) is 0 Å². The van der Waals surface area contributed by atoms with Crippen molar-refractivity contribution in [2.75, 3.05) is 46.9 Å². The Hall–Kier alpha value is -0.570. The number of nitrogens with one attached hydrogen (secondary N) is 1. The minimum Gasteiger partial charge on any atom is -0.379 e. The first-order valence-corrected chi connectivity index (χ1v) is 8.51. The van der Waals surface area contributed by atoms with E-state index >= 15 is 0 Å². The molecule has 6 nitrogen and oxygen atoms in total. The van der Waals surface area contributed by atoms with Gasteiger partial charge in [-0.1, -0.05) is 20.8 Å². The average molecular weight is 456 g/mol. The molecule has 0 aromatic rings. The van der Waals surface area contributed by atoms with Crippen LogP contribution in [-0.2, 0) is 9.53 Å². The van der Waals surface area contributed by atoms with E-state index in [1.54, 1.807) is 7.11 Å². The van der Waals surface area contributed by atoms with Gasteiger partial charge in [-0.3, -0.25) is 9.79 Å². The molecule has 0 aliphatic heterocycles. The van der Waals surface area contributed by atoms with E-state index in [1.807, 2.05) is 37.6 Å². The number of nitrogens with zero attached hydrogens (tertiary/aromatic N) is 3. The Morgan fingerprint density at radius 3 is 2.12 bits per heavy atom. The van der Waals surface area contributed by atoms with Gasteiger partial charge in [0, 0.05) is 33.8 Å². The molecule has 1 N–H and O–H groups in total. The predicted octanol–water partition coefficient (Wildman–Crippen LogP) is 2.43. The van der Waals surface area contributed by atoms with Crippen molar-refractivity contribution in [2.24, 2.45) is 10.4 Å². The summed E-state index contributed by atoms with van der Waals surface area (Å²) >= 11 is 0. The second-order valence-electron chi connectivity index (χ2n) is 6.71. The van der Waals surface area contributed by atoms with Gasteiger partial charge >= 0.3 is 0 Å². The van der Waals surface area contributed by atoms with Crippen molar-refractivity contribution in [1.82, 2.24) is 15.1 Å². The number of guanidine groups is 1. The number of likely N-dealkylation sites (N-methyl/N-ethyl adjacent to an activating group) is 2. The molecule has 0 aromatic heterocycles. The van der Waals surface area contributed by atoms with Crippen LogP contribution in [0.3, 0.4) is 0 Å². The minimum atomic E-state index is 0. The normalized spacial score (nSPS) is 13.1. The van der Waals surface area contributed by atoms with Crippen molar-refractivity contribution in [3.63, 3.8) is 0 Å². The van der Waals surface area contributed by atoms with Crippen LogP contribution in [0, 0.1) is 5.41 Å². The van der Waals surface area contributed by atoms with Gasteiger partial charge < -0.3 is 19.9 Å². The van der Waals surface area contributed by atoms with Crippen molar-refractivity contribution in [3.8, 4) is 0 Å². The first-order chi connectivity index (χ1) is 10.7. The Kier molecular flexibility index (Phi) is 13.6. The van der Waals surface area contributed by atoms with E-state index in [0.717, 1.165) is 25.6 Å². The third-order valence-electron chi connectivity index (χ3n) is 3.84. The fraction of sp³-hybridized carbons (Fsp3) is 0.882. The lowest BCUT2D eigenvalue weighted by Crippen LogP contribution is -2.46. The van der Waals surface area contributed by atoms with Crippen molar-refractivity contribution in [1.29, 1.82) is 0 Å². The Labute approximate surface area is 165 Å². The number of methoxy groups -OCH3 is 1. The molecule has 0 aliphatic carbocycles. The van der Waals surface area contributed by atoms with Crippen LogP contribution in [0.15, 0.2) is 4.99 Å². The lowest BCUT2D eigenvalue weighted by atomic mass is 9.89. The van der Waals surface area contributed by atoms with E-state index in [0.29, 0.717) is 13.1 Å². The molecular formula is C17H37IN4O2. The molecule has 0 spiro atoms. The lowest BCUT2D eigenvalue weighted by molar-refractivity contribution is -0.131. The van der Waals surface area contributed by atoms with Crippen LogP contribution in [0.25, 0.3) is 0 Å². The highest BCUT2D eigenvalue weighted by molar-refractivity contribution is 14.0. The zero-order valence-corrected chi connectivity index (χ0v) is 19.0. The summed E-state index contributed by atoms with van der Waals surface area (Å²) in [6, 6.07) is 0. The minimum absolute atomic E-state index is 0. The summed E-state index contributed by atoms with van der Waals surface area (Å²) in [6.45, 7) is 15.5. The topological polar surface area (TPSA) is 57.2 Å². The van der Waals surface area contributed by atoms with E-state index in [-0.39, 0.29) is 41.4 Å². The Morgan fingerprint density at radius 2 is 1.75 bits per heavy atom. The van der Waals surface area contributed by atoms with Crippen LogP contribution in [0.4, 0.5) is 0 Å². The van der Waals surface area contributed by atoms with Gasteiger partial charge in [-0.05, 0) is 26.2 Å². The number of halogens is 1. The van der Waals surface area contributed by atoms with Gasteiger partial charge in [0.1, 0.15) is 0 Å². The third-order valence-corrected chi connectivity index (χ3v) is 3.84. The molecular weight excluding hydrogens is 419 g/mol. The predicted molar refractivity (Wildman–Crippen MR) is 112 cm³/mol. The maximum Gasteiger partial charge on any atom is 0.242 e. The molecule has 1 atom stereocenters. The molecule has 0 heterocycles. The quantitative estimate of drug-likeness (QED) is 0.346. The molecule has 0 aromatic carbocycles. The molecule has 24 heavy (non-hydrogen) atoms. The van der Waals surface area contributed by atoms with Crippen LogP contribution in [0.5, 0.6) is 0 Å². The van der Waals surface area contributed by atoms with E-state index < -0.39 is 0 Å². The van der Waals surface area contributed by atoms with Gasteiger partial charge in [-0.15, -0.1) is 24.0 Å². The van der Waals surface area contributed by atoms with Crippen LogP contribution in [-0.4, -0.2) is 74.7 Å². The Morgan fingerprint density at radius 1 is 1.21 bits per heavy atom. The Bertz CT molecular complexity index is 379. The number of ether oxygens (including phenoxy) is 1.